The zero-order valence-corrected chi connectivity index (χ0v) is 11.0. The molecular weight excluding hydrogens is 238 g/mol. The van der Waals surface area contributed by atoms with Crippen LogP contribution in [-0.2, 0) is 0 Å². The van der Waals surface area contributed by atoms with Gasteiger partial charge in [-0.2, -0.15) is 5.26 Å². The minimum atomic E-state index is 0.384. The summed E-state index contributed by atoms with van der Waals surface area (Å²) >= 11 is 0. The van der Waals surface area contributed by atoms with E-state index in [1.54, 1.807) is 12.4 Å². The minimum absolute atomic E-state index is 0.384. The molecule has 2 unspecified atom stereocenters. The van der Waals surface area contributed by atoms with Gasteiger partial charge in [0.25, 0.3) is 0 Å². The van der Waals surface area contributed by atoms with Gasteiger partial charge in [0.2, 0.25) is 0 Å². The summed E-state index contributed by atoms with van der Waals surface area (Å²) in [6.07, 6.45) is 8.41. The number of aromatic nitrogens is 2. The second kappa shape index (κ2) is 5.54. The zero-order valence-electron chi connectivity index (χ0n) is 11.0. The van der Waals surface area contributed by atoms with Crippen molar-refractivity contribution >= 4 is 5.82 Å². The van der Waals surface area contributed by atoms with E-state index >= 15 is 0 Å². The Hall–Kier alpha value is -1.67. The molecule has 19 heavy (non-hydrogen) atoms. The number of anilines is 1. The predicted molar refractivity (Wildman–Crippen MR) is 72.7 cm³/mol. The highest BCUT2D eigenvalue weighted by molar-refractivity contribution is 5.37. The third-order valence-electron chi connectivity index (χ3n) is 4.20. The number of hydrogen-bond acceptors (Lipinski definition) is 5. The first-order valence-corrected chi connectivity index (χ1v) is 7.07. The van der Waals surface area contributed by atoms with Gasteiger partial charge in [-0.05, 0) is 38.1 Å². The Morgan fingerprint density at radius 2 is 2.21 bits per heavy atom. The fourth-order valence-electron chi connectivity index (χ4n) is 3.20. The van der Waals surface area contributed by atoms with Crippen molar-refractivity contribution < 1.29 is 0 Å². The van der Waals surface area contributed by atoms with E-state index < -0.39 is 0 Å². The molecule has 0 aromatic carbocycles. The summed E-state index contributed by atoms with van der Waals surface area (Å²) in [6, 6.07) is 2.68. The van der Waals surface area contributed by atoms with Crippen LogP contribution in [0.15, 0.2) is 12.4 Å². The van der Waals surface area contributed by atoms with Crippen molar-refractivity contribution in [3.05, 3.63) is 18.1 Å². The van der Waals surface area contributed by atoms with Gasteiger partial charge in [-0.15, -0.1) is 0 Å². The standard InChI is InChI=1S/C14H19N5/c15-7-12-8-18-14(9-17-12)19-6-2-3-11(10-19)13-4-1-5-16-13/h8-9,11,13,16H,1-6,10H2. The molecule has 0 spiro atoms. The van der Waals surface area contributed by atoms with Gasteiger partial charge in [0.05, 0.1) is 12.4 Å². The molecule has 2 fully saturated rings. The molecule has 1 aromatic heterocycles. The Balaban J connectivity index is 1.68. The van der Waals surface area contributed by atoms with Crippen LogP contribution in [0.1, 0.15) is 31.4 Å². The number of hydrogen-bond donors (Lipinski definition) is 1. The van der Waals surface area contributed by atoms with Crippen molar-refractivity contribution in [3.63, 3.8) is 0 Å². The SMILES string of the molecule is N#Cc1cnc(N2CCCC(C3CCCN3)C2)cn1. The van der Waals surface area contributed by atoms with Crippen molar-refractivity contribution in [2.24, 2.45) is 5.92 Å². The third-order valence-corrected chi connectivity index (χ3v) is 4.20. The van der Waals surface area contributed by atoms with E-state index in [4.69, 9.17) is 5.26 Å². The summed E-state index contributed by atoms with van der Waals surface area (Å²) in [5.74, 6) is 1.62. The van der Waals surface area contributed by atoms with Crippen molar-refractivity contribution in [2.45, 2.75) is 31.7 Å². The van der Waals surface area contributed by atoms with E-state index in [1.165, 1.54) is 25.7 Å². The molecule has 3 heterocycles. The van der Waals surface area contributed by atoms with Gasteiger partial charge in [0, 0.05) is 19.1 Å². The third kappa shape index (κ3) is 2.69. The highest BCUT2D eigenvalue weighted by Gasteiger charge is 2.29. The largest absolute Gasteiger partial charge is 0.355 e. The minimum Gasteiger partial charge on any atom is -0.355 e. The maximum absolute atomic E-state index is 8.75. The lowest BCUT2D eigenvalue weighted by atomic mass is 9.90. The summed E-state index contributed by atoms with van der Waals surface area (Å²) in [5.41, 5.74) is 0.384. The fourth-order valence-corrected chi connectivity index (χ4v) is 3.20. The van der Waals surface area contributed by atoms with E-state index in [0.29, 0.717) is 17.7 Å². The van der Waals surface area contributed by atoms with E-state index in [9.17, 15) is 0 Å². The van der Waals surface area contributed by atoms with Crippen LogP contribution in [0.4, 0.5) is 5.82 Å². The van der Waals surface area contributed by atoms with Crippen LogP contribution in [0.2, 0.25) is 0 Å². The smallest absolute Gasteiger partial charge is 0.158 e. The normalized spacial score (nSPS) is 27.2. The first kappa shape index (κ1) is 12.4. The van der Waals surface area contributed by atoms with Crippen LogP contribution in [0.3, 0.4) is 0 Å². The summed E-state index contributed by atoms with van der Waals surface area (Å²) in [5, 5.41) is 12.4. The highest BCUT2D eigenvalue weighted by Crippen LogP contribution is 2.26. The van der Waals surface area contributed by atoms with Gasteiger partial charge < -0.3 is 10.2 Å². The van der Waals surface area contributed by atoms with E-state index in [-0.39, 0.29) is 0 Å². The lowest BCUT2D eigenvalue weighted by molar-refractivity contribution is 0.328. The maximum Gasteiger partial charge on any atom is 0.158 e. The average Bonchev–Trinajstić information content (AvgIpc) is 3.02. The number of nitrogens with one attached hydrogen (secondary N) is 1. The van der Waals surface area contributed by atoms with Crippen molar-refractivity contribution in [2.75, 3.05) is 24.5 Å². The van der Waals surface area contributed by atoms with Gasteiger partial charge in [0.15, 0.2) is 5.69 Å². The second-order valence-corrected chi connectivity index (χ2v) is 5.42. The van der Waals surface area contributed by atoms with Crippen molar-refractivity contribution in [1.82, 2.24) is 15.3 Å². The van der Waals surface area contributed by atoms with Crippen molar-refractivity contribution in [3.8, 4) is 6.07 Å². The van der Waals surface area contributed by atoms with E-state index in [1.807, 2.05) is 6.07 Å². The predicted octanol–water partition coefficient (Wildman–Crippen LogP) is 1.32. The lowest BCUT2D eigenvalue weighted by Crippen LogP contribution is -2.43. The van der Waals surface area contributed by atoms with Crippen LogP contribution in [0, 0.1) is 17.2 Å². The number of rotatable bonds is 2. The molecule has 1 N–H and O–H groups in total. The van der Waals surface area contributed by atoms with Gasteiger partial charge in [-0.3, -0.25) is 0 Å². The molecule has 0 aliphatic carbocycles. The van der Waals surface area contributed by atoms with E-state index in [2.05, 4.69) is 20.2 Å². The summed E-state index contributed by atoms with van der Waals surface area (Å²) in [6.45, 7) is 3.26. The summed E-state index contributed by atoms with van der Waals surface area (Å²) in [7, 11) is 0. The van der Waals surface area contributed by atoms with Gasteiger partial charge in [-0.1, -0.05) is 0 Å². The first-order valence-electron chi connectivity index (χ1n) is 7.07. The molecule has 2 aliphatic rings. The fraction of sp³-hybridized carbons (Fsp3) is 0.643. The van der Waals surface area contributed by atoms with Crippen LogP contribution in [-0.4, -0.2) is 35.6 Å². The molecule has 2 saturated heterocycles. The molecule has 0 saturated carbocycles. The lowest BCUT2D eigenvalue weighted by Gasteiger charge is -2.36. The molecule has 0 bridgehead atoms. The van der Waals surface area contributed by atoms with Crippen LogP contribution < -0.4 is 10.2 Å². The van der Waals surface area contributed by atoms with E-state index in [0.717, 1.165) is 25.5 Å². The van der Waals surface area contributed by atoms with Crippen molar-refractivity contribution in [1.29, 1.82) is 5.26 Å². The molecule has 1 aromatic rings. The van der Waals surface area contributed by atoms with Crippen LogP contribution in [0.5, 0.6) is 0 Å². The number of nitriles is 1. The van der Waals surface area contributed by atoms with Gasteiger partial charge in [-0.25, -0.2) is 9.97 Å². The van der Waals surface area contributed by atoms with Gasteiger partial charge >= 0.3 is 0 Å². The molecular formula is C14H19N5. The Morgan fingerprint density at radius 1 is 1.26 bits per heavy atom. The molecule has 0 radical (unpaired) electrons. The monoisotopic (exact) mass is 257 g/mol. The molecule has 0 amide bonds. The molecule has 100 valence electrons. The van der Waals surface area contributed by atoms with Crippen LogP contribution in [0.25, 0.3) is 0 Å². The Labute approximate surface area is 113 Å². The first-order chi connectivity index (χ1) is 9.36. The Kier molecular flexibility index (Phi) is 3.60. The number of piperidine rings is 1. The number of nitrogens with zero attached hydrogens (tertiary/aromatic N) is 4. The maximum atomic E-state index is 8.75. The average molecular weight is 257 g/mol. The summed E-state index contributed by atoms with van der Waals surface area (Å²) < 4.78 is 0. The molecule has 5 nitrogen and oxygen atoms in total. The quantitative estimate of drug-likeness (QED) is 0.865. The Bertz CT molecular complexity index is 458. The topological polar surface area (TPSA) is 64.8 Å². The van der Waals surface area contributed by atoms with Crippen LogP contribution >= 0.6 is 0 Å². The Morgan fingerprint density at radius 3 is 2.89 bits per heavy atom. The molecule has 2 atom stereocenters. The molecule has 5 heteroatoms. The van der Waals surface area contributed by atoms with Gasteiger partial charge in [0.1, 0.15) is 11.9 Å². The second-order valence-electron chi connectivity index (χ2n) is 5.42. The zero-order chi connectivity index (χ0) is 13.1. The molecule has 3 rings (SSSR count). The molecule has 2 aliphatic heterocycles. The highest BCUT2D eigenvalue weighted by atomic mass is 15.2. The summed E-state index contributed by atoms with van der Waals surface area (Å²) in [4.78, 5) is 10.8.